The van der Waals surface area contributed by atoms with Gasteiger partial charge in [0.25, 0.3) is 5.78 Å². The number of esters is 1. The van der Waals surface area contributed by atoms with Gasteiger partial charge in [-0.25, -0.2) is 4.79 Å². The Hall–Kier alpha value is -2.62. The summed E-state index contributed by atoms with van der Waals surface area (Å²) in [7, 11) is 0. The van der Waals surface area contributed by atoms with Crippen LogP contribution in [0.3, 0.4) is 0 Å². The Kier molecular flexibility index (Phi) is 4.50. The third-order valence-corrected chi connectivity index (χ3v) is 2.54. The fourth-order valence-corrected chi connectivity index (χ4v) is 1.64. The number of para-hydroxylation sites is 1. The Morgan fingerprint density at radius 3 is 2.35 bits per heavy atom. The van der Waals surface area contributed by atoms with Gasteiger partial charge in [-0.15, -0.1) is 0 Å². The molecule has 0 spiro atoms. The Labute approximate surface area is 116 Å². The molecule has 4 nitrogen and oxygen atoms in total. The lowest BCUT2D eigenvalue weighted by Gasteiger charge is -2.07. The quantitative estimate of drug-likeness (QED) is 0.475. The minimum Gasteiger partial charge on any atom is -0.460 e. The molecule has 2 aromatic carbocycles. The molecule has 0 unspecified atom stereocenters. The molecule has 0 aliphatic carbocycles. The summed E-state index contributed by atoms with van der Waals surface area (Å²) in [5, 5.41) is 0. The Morgan fingerprint density at radius 2 is 1.65 bits per heavy atom. The summed E-state index contributed by atoms with van der Waals surface area (Å²) in [6.45, 7) is 1.82. The normalized spacial score (nSPS) is 9.85. The summed E-state index contributed by atoms with van der Waals surface area (Å²) >= 11 is 0. The molecule has 0 N–H and O–H groups in total. The first kappa shape index (κ1) is 13.8. The summed E-state index contributed by atoms with van der Waals surface area (Å²) in [5.74, 6) is -0.380. The van der Waals surface area contributed by atoms with E-state index in [1.165, 1.54) is 6.07 Å². The van der Waals surface area contributed by atoms with E-state index < -0.39 is 11.8 Å². The van der Waals surface area contributed by atoms with Crippen molar-refractivity contribution in [2.24, 2.45) is 0 Å². The number of Topliss-reactive ketones (excluding diaryl/α,β-unsaturated/α-hetero) is 1. The fraction of sp³-hybridized carbons (Fsp3) is 0.125. The van der Waals surface area contributed by atoms with Gasteiger partial charge in [0.05, 0.1) is 6.61 Å². The van der Waals surface area contributed by atoms with Gasteiger partial charge >= 0.3 is 5.97 Å². The zero-order valence-corrected chi connectivity index (χ0v) is 11.0. The van der Waals surface area contributed by atoms with Crippen LogP contribution in [0.1, 0.15) is 17.3 Å². The van der Waals surface area contributed by atoms with Crippen LogP contribution in [0.15, 0.2) is 54.6 Å². The number of carbonyl (C=O) groups excluding carboxylic acids is 2. The average molecular weight is 270 g/mol. The van der Waals surface area contributed by atoms with Crippen LogP contribution in [0.25, 0.3) is 0 Å². The molecular weight excluding hydrogens is 256 g/mol. The average Bonchev–Trinajstić information content (AvgIpc) is 2.48. The molecule has 0 saturated carbocycles. The van der Waals surface area contributed by atoms with Crippen molar-refractivity contribution in [1.82, 2.24) is 0 Å². The van der Waals surface area contributed by atoms with Crippen LogP contribution in [-0.4, -0.2) is 18.4 Å². The molecule has 2 aromatic rings. The minimum atomic E-state index is -0.857. The highest BCUT2D eigenvalue weighted by Crippen LogP contribution is 2.22. The predicted octanol–water partition coefficient (Wildman–Crippen LogP) is 3.22. The van der Waals surface area contributed by atoms with Crippen molar-refractivity contribution in [1.29, 1.82) is 0 Å². The van der Waals surface area contributed by atoms with Crippen molar-refractivity contribution in [3.05, 3.63) is 60.2 Å². The second kappa shape index (κ2) is 6.52. The maximum Gasteiger partial charge on any atom is 0.379 e. The number of hydrogen-bond acceptors (Lipinski definition) is 4. The smallest absolute Gasteiger partial charge is 0.379 e. The zero-order valence-electron chi connectivity index (χ0n) is 11.0. The second-order valence-corrected chi connectivity index (χ2v) is 3.99. The Morgan fingerprint density at radius 1 is 0.950 bits per heavy atom. The van der Waals surface area contributed by atoms with Crippen LogP contribution in [0.5, 0.6) is 11.5 Å². The van der Waals surface area contributed by atoms with Gasteiger partial charge in [0.2, 0.25) is 0 Å². The third kappa shape index (κ3) is 3.45. The molecule has 0 heterocycles. The molecule has 0 aliphatic rings. The highest BCUT2D eigenvalue weighted by molar-refractivity contribution is 6.40. The molecule has 20 heavy (non-hydrogen) atoms. The molecule has 2 rings (SSSR count). The number of hydrogen-bond donors (Lipinski definition) is 0. The molecule has 0 fully saturated rings. The zero-order chi connectivity index (χ0) is 14.4. The summed E-state index contributed by atoms with van der Waals surface area (Å²) < 4.78 is 10.3. The van der Waals surface area contributed by atoms with Crippen molar-refractivity contribution in [2.45, 2.75) is 6.92 Å². The Balaban J connectivity index is 2.16. The number of ether oxygens (including phenoxy) is 2. The van der Waals surface area contributed by atoms with Crippen molar-refractivity contribution in [2.75, 3.05) is 6.61 Å². The van der Waals surface area contributed by atoms with E-state index in [1.54, 1.807) is 37.3 Å². The molecule has 0 radical (unpaired) electrons. The first-order chi connectivity index (χ1) is 9.70. The van der Waals surface area contributed by atoms with E-state index in [0.29, 0.717) is 11.5 Å². The van der Waals surface area contributed by atoms with Crippen molar-refractivity contribution in [3.8, 4) is 11.5 Å². The van der Waals surface area contributed by atoms with E-state index in [1.807, 2.05) is 18.2 Å². The maximum absolute atomic E-state index is 11.8. The van der Waals surface area contributed by atoms with Gasteiger partial charge < -0.3 is 9.47 Å². The van der Waals surface area contributed by atoms with E-state index in [9.17, 15) is 9.59 Å². The number of carbonyl (C=O) groups is 2. The van der Waals surface area contributed by atoms with Crippen LogP contribution in [0, 0.1) is 0 Å². The summed E-state index contributed by atoms with van der Waals surface area (Å²) in [5.41, 5.74) is 0.247. The molecule has 0 saturated heterocycles. The molecule has 0 aliphatic heterocycles. The first-order valence-corrected chi connectivity index (χ1v) is 6.25. The van der Waals surface area contributed by atoms with Gasteiger partial charge in [-0.1, -0.05) is 30.3 Å². The van der Waals surface area contributed by atoms with Crippen molar-refractivity contribution in [3.63, 3.8) is 0 Å². The van der Waals surface area contributed by atoms with Crippen LogP contribution < -0.4 is 4.74 Å². The fourth-order valence-electron chi connectivity index (χ4n) is 1.64. The van der Waals surface area contributed by atoms with Gasteiger partial charge in [-0.2, -0.15) is 0 Å². The number of ketones is 1. The molecular formula is C16H14O4. The van der Waals surface area contributed by atoms with Crippen LogP contribution in [0.2, 0.25) is 0 Å². The van der Waals surface area contributed by atoms with Gasteiger partial charge in [0.15, 0.2) is 0 Å². The molecule has 0 bridgehead atoms. The lowest BCUT2D eigenvalue weighted by atomic mass is 10.1. The molecule has 0 amide bonds. The lowest BCUT2D eigenvalue weighted by Crippen LogP contribution is -2.17. The summed E-state index contributed by atoms with van der Waals surface area (Å²) in [6.07, 6.45) is 0. The largest absolute Gasteiger partial charge is 0.460 e. The van der Waals surface area contributed by atoms with Crippen LogP contribution in [0.4, 0.5) is 0 Å². The predicted molar refractivity (Wildman–Crippen MR) is 73.9 cm³/mol. The van der Waals surface area contributed by atoms with E-state index in [0.717, 1.165) is 0 Å². The number of rotatable bonds is 5. The Bertz CT molecular complexity index is 605. The summed E-state index contributed by atoms with van der Waals surface area (Å²) in [4.78, 5) is 23.2. The van der Waals surface area contributed by atoms with Crippen molar-refractivity contribution >= 4 is 11.8 Å². The highest BCUT2D eigenvalue weighted by atomic mass is 16.5. The SMILES string of the molecule is CCOC(=O)C(=O)c1cccc(Oc2ccccc2)c1. The number of benzene rings is 2. The molecule has 0 atom stereocenters. The van der Waals surface area contributed by atoms with Crippen LogP contribution >= 0.6 is 0 Å². The van der Waals surface area contributed by atoms with Gasteiger partial charge in [-0.05, 0) is 31.2 Å². The third-order valence-electron chi connectivity index (χ3n) is 2.54. The van der Waals surface area contributed by atoms with Gasteiger partial charge in [-0.3, -0.25) is 4.79 Å². The van der Waals surface area contributed by atoms with Crippen molar-refractivity contribution < 1.29 is 19.1 Å². The monoisotopic (exact) mass is 270 g/mol. The molecule has 102 valence electrons. The van der Waals surface area contributed by atoms with Gasteiger partial charge in [0.1, 0.15) is 11.5 Å². The van der Waals surface area contributed by atoms with Crippen LogP contribution in [-0.2, 0) is 9.53 Å². The van der Waals surface area contributed by atoms with E-state index >= 15 is 0 Å². The van der Waals surface area contributed by atoms with E-state index in [4.69, 9.17) is 4.74 Å². The summed E-state index contributed by atoms with van der Waals surface area (Å²) in [6, 6.07) is 15.6. The van der Waals surface area contributed by atoms with Gasteiger partial charge in [0, 0.05) is 5.56 Å². The molecule has 4 heteroatoms. The second-order valence-electron chi connectivity index (χ2n) is 3.99. The molecule has 0 aromatic heterocycles. The van der Waals surface area contributed by atoms with E-state index in [2.05, 4.69) is 4.74 Å². The highest BCUT2D eigenvalue weighted by Gasteiger charge is 2.17. The standard InChI is InChI=1S/C16H14O4/c1-2-19-16(18)15(17)12-7-6-10-14(11-12)20-13-8-4-3-5-9-13/h3-11H,2H2,1H3. The minimum absolute atomic E-state index is 0.171. The topological polar surface area (TPSA) is 52.6 Å². The van der Waals surface area contributed by atoms with E-state index in [-0.39, 0.29) is 12.2 Å². The maximum atomic E-state index is 11.8. The first-order valence-electron chi connectivity index (χ1n) is 6.25. The lowest BCUT2D eigenvalue weighted by molar-refractivity contribution is -0.137.